The molecular weight excluding hydrogens is 216 g/mol. The third kappa shape index (κ3) is 5.00. The van der Waals surface area contributed by atoms with Crippen LogP contribution in [0.3, 0.4) is 0 Å². The molecule has 98 valence electrons. The van der Waals surface area contributed by atoms with Crippen LogP contribution in [0, 0.1) is 5.92 Å². The lowest BCUT2D eigenvalue weighted by Gasteiger charge is -2.21. The Labute approximate surface area is 104 Å². The second-order valence-corrected chi connectivity index (χ2v) is 5.41. The smallest absolute Gasteiger partial charge is 0.136 e. The van der Waals surface area contributed by atoms with Crippen molar-refractivity contribution in [1.29, 1.82) is 0 Å². The number of aliphatic hydroxyl groups excluding tert-OH is 1. The summed E-state index contributed by atoms with van der Waals surface area (Å²) in [7, 11) is 0. The summed E-state index contributed by atoms with van der Waals surface area (Å²) in [4.78, 5) is 11.1. The summed E-state index contributed by atoms with van der Waals surface area (Å²) in [5, 5.41) is 19.7. The van der Waals surface area contributed by atoms with Crippen molar-refractivity contribution in [3.8, 4) is 0 Å². The van der Waals surface area contributed by atoms with E-state index < -0.39 is 11.7 Å². The quantitative estimate of drug-likeness (QED) is 0.700. The van der Waals surface area contributed by atoms with Crippen molar-refractivity contribution in [3.05, 3.63) is 12.2 Å². The first-order valence-electron chi connectivity index (χ1n) is 6.53. The summed E-state index contributed by atoms with van der Waals surface area (Å²) >= 11 is 0. The van der Waals surface area contributed by atoms with E-state index in [9.17, 15) is 15.0 Å². The van der Waals surface area contributed by atoms with Crippen molar-refractivity contribution in [2.45, 2.75) is 64.1 Å². The zero-order valence-electron chi connectivity index (χ0n) is 10.9. The Kier molecular flexibility index (Phi) is 5.34. The molecule has 0 amide bonds. The third-order valence-electron chi connectivity index (χ3n) is 3.40. The molecule has 0 heterocycles. The molecule has 0 aliphatic heterocycles. The van der Waals surface area contributed by atoms with Crippen LogP contribution in [0.1, 0.15) is 52.4 Å². The molecule has 3 atom stereocenters. The van der Waals surface area contributed by atoms with Gasteiger partial charge in [0.05, 0.1) is 11.7 Å². The van der Waals surface area contributed by atoms with Crippen LogP contribution in [-0.2, 0) is 4.79 Å². The molecular formula is C14H24O3. The van der Waals surface area contributed by atoms with E-state index >= 15 is 0 Å². The fraction of sp³-hybridized carbons (Fsp3) is 0.786. The summed E-state index contributed by atoms with van der Waals surface area (Å²) in [6.45, 7) is 3.94. The summed E-state index contributed by atoms with van der Waals surface area (Å²) in [5.41, 5.74) is -0.667. The van der Waals surface area contributed by atoms with Gasteiger partial charge in [-0.15, -0.1) is 0 Å². The van der Waals surface area contributed by atoms with Crippen LogP contribution in [0.25, 0.3) is 0 Å². The Bertz CT molecular complexity index is 281. The molecule has 1 rings (SSSR count). The van der Waals surface area contributed by atoms with Gasteiger partial charge in [-0.1, -0.05) is 31.9 Å². The van der Waals surface area contributed by atoms with Gasteiger partial charge in [0.1, 0.15) is 5.78 Å². The van der Waals surface area contributed by atoms with Crippen molar-refractivity contribution in [1.82, 2.24) is 0 Å². The number of hydrogen-bond acceptors (Lipinski definition) is 3. The van der Waals surface area contributed by atoms with Crippen LogP contribution >= 0.6 is 0 Å². The average molecular weight is 240 g/mol. The molecule has 0 aromatic rings. The second kappa shape index (κ2) is 6.31. The number of carbonyl (C=O) groups is 1. The molecule has 0 aromatic heterocycles. The van der Waals surface area contributed by atoms with Crippen LogP contribution in [0.2, 0.25) is 0 Å². The number of ketones is 1. The minimum absolute atomic E-state index is 0.0514. The van der Waals surface area contributed by atoms with Crippen molar-refractivity contribution in [3.63, 3.8) is 0 Å². The summed E-state index contributed by atoms with van der Waals surface area (Å²) in [5.74, 6) is 0.0781. The van der Waals surface area contributed by atoms with E-state index in [1.807, 2.05) is 19.1 Å². The summed E-state index contributed by atoms with van der Waals surface area (Å²) in [6.07, 6.45) is 7.46. The zero-order valence-corrected chi connectivity index (χ0v) is 10.9. The molecule has 0 bridgehead atoms. The lowest BCUT2D eigenvalue weighted by atomic mass is 9.94. The first kappa shape index (κ1) is 14.4. The van der Waals surface area contributed by atoms with E-state index in [0.29, 0.717) is 12.8 Å². The van der Waals surface area contributed by atoms with E-state index in [1.54, 1.807) is 0 Å². The predicted octanol–water partition coefficient (Wildman–Crippen LogP) is 2.21. The SMILES string of the molecule is CCCCC(C)(O)C/C=C/[C@@H]1CC(=O)C[C@H]1O. The van der Waals surface area contributed by atoms with Crippen LogP contribution in [0.15, 0.2) is 12.2 Å². The Balaban J connectivity index is 2.36. The molecule has 1 unspecified atom stereocenters. The standard InChI is InChI=1S/C14H24O3/c1-3-4-7-14(2,17)8-5-6-11-9-12(15)10-13(11)16/h5-6,11,13,16-17H,3-4,7-10H2,1-2H3/b6-5+/t11-,13-,14?/m1/s1. The van der Waals surface area contributed by atoms with Gasteiger partial charge >= 0.3 is 0 Å². The summed E-state index contributed by atoms with van der Waals surface area (Å²) < 4.78 is 0. The van der Waals surface area contributed by atoms with Gasteiger partial charge in [0.15, 0.2) is 0 Å². The zero-order chi connectivity index (χ0) is 12.9. The van der Waals surface area contributed by atoms with E-state index in [-0.39, 0.29) is 18.1 Å². The fourth-order valence-corrected chi connectivity index (χ4v) is 2.22. The monoisotopic (exact) mass is 240 g/mol. The summed E-state index contributed by atoms with van der Waals surface area (Å²) in [6, 6.07) is 0. The highest BCUT2D eigenvalue weighted by Crippen LogP contribution is 2.25. The van der Waals surface area contributed by atoms with E-state index in [2.05, 4.69) is 6.92 Å². The first-order chi connectivity index (χ1) is 7.94. The van der Waals surface area contributed by atoms with Crippen LogP contribution in [0.4, 0.5) is 0 Å². The molecule has 0 radical (unpaired) electrons. The van der Waals surface area contributed by atoms with Gasteiger partial charge in [0.25, 0.3) is 0 Å². The topological polar surface area (TPSA) is 57.5 Å². The van der Waals surface area contributed by atoms with Crippen molar-refractivity contribution >= 4 is 5.78 Å². The molecule has 2 N–H and O–H groups in total. The predicted molar refractivity (Wildman–Crippen MR) is 67.6 cm³/mol. The number of unbranched alkanes of at least 4 members (excludes halogenated alkanes) is 1. The van der Waals surface area contributed by atoms with Gasteiger partial charge in [0.2, 0.25) is 0 Å². The normalized spacial score (nSPS) is 28.8. The largest absolute Gasteiger partial charge is 0.392 e. The maximum absolute atomic E-state index is 11.1. The molecule has 1 saturated carbocycles. The van der Waals surface area contributed by atoms with Crippen LogP contribution in [-0.4, -0.2) is 27.7 Å². The minimum atomic E-state index is -0.667. The molecule has 3 heteroatoms. The lowest BCUT2D eigenvalue weighted by molar-refractivity contribution is -0.117. The van der Waals surface area contributed by atoms with Gasteiger partial charge in [0, 0.05) is 18.8 Å². The minimum Gasteiger partial charge on any atom is -0.392 e. The Hall–Kier alpha value is -0.670. The van der Waals surface area contributed by atoms with Crippen molar-refractivity contribution < 1.29 is 15.0 Å². The van der Waals surface area contributed by atoms with Gasteiger partial charge in [-0.2, -0.15) is 0 Å². The van der Waals surface area contributed by atoms with E-state index in [1.165, 1.54) is 0 Å². The van der Waals surface area contributed by atoms with E-state index in [0.717, 1.165) is 19.3 Å². The van der Waals surface area contributed by atoms with Gasteiger partial charge in [-0.05, 0) is 19.8 Å². The molecule has 1 aliphatic carbocycles. The number of rotatable bonds is 6. The van der Waals surface area contributed by atoms with E-state index in [4.69, 9.17) is 0 Å². The molecule has 3 nitrogen and oxygen atoms in total. The first-order valence-corrected chi connectivity index (χ1v) is 6.53. The highest BCUT2D eigenvalue weighted by molar-refractivity contribution is 5.81. The Morgan fingerprint density at radius 2 is 2.18 bits per heavy atom. The van der Waals surface area contributed by atoms with Crippen molar-refractivity contribution in [2.24, 2.45) is 5.92 Å². The van der Waals surface area contributed by atoms with Gasteiger partial charge < -0.3 is 10.2 Å². The molecule has 17 heavy (non-hydrogen) atoms. The number of hydrogen-bond donors (Lipinski definition) is 2. The Morgan fingerprint density at radius 1 is 1.47 bits per heavy atom. The highest BCUT2D eigenvalue weighted by Gasteiger charge is 2.29. The second-order valence-electron chi connectivity index (χ2n) is 5.41. The maximum atomic E-state index is 11.1. The number of aliphatic hydroxyl groups is 2. The molecule has 1 aliphatic rings. The van der Waals surface area contributed by atoms with Crippen molar-refractivity contribution in [2.75, 3.05) is 0 Å². The molecule has 0 saturated heterocycles. The highest BCUT2D eigenvalue weighted by atomic mass is 16.3. The average Bonchev–Trinajstić information content (AvgIpc) is 2.55. The third-order valence-corrected chi connectivity index (χ3v) is 3.40. The molecule has 1 fully saturated rings. The van der Waals surface area contributed by atoms with Gasteiger partial charge in [-0.25, -0.2) is 0 Å². The molecule has 0 aromatic carbocycles. The maximum Gasteiger partial charge on any atom is 0.136 e. The molecule has 0 spiro atoms. The lowest BCUT2D eigenvalue weighted by Crippen LogP contribution is -2.22. The Morgan fingerprint density at radius 3 is 2.71 bits per heavy atom. The number of carbonyl (C=O) groups excluding carboxylic acids is 1. The number of Topliss-reactive ketones (excluding diaryl/α,β-unsaturated/α-hetero) is 1. The van der Waals surface area contributed by atoms with Crippen LogP contribution < -0.4 is 0 Å². The van der Waals surface area contributed by atoms with Crippen LogP contribution in [0.5, 0.6) is 0 Å². The van der Waals surface area contributed by atoms with Gasteiger partial charge in [-0.3, -0.25) is 4.79 Å². The fourth-order valence-electron chi connectivity index (χ4n) is 2.22.